The minimum absolute atomic E-state index is 1.18. The van der Waals surface area contributed by atoms with Crippen molar-refractivity contribution in [1.29, 1.82) is 5.26 Å². The van der Waals surface area contributed by atoms with E-state index in [-0.39, 0.29) is 0 Å². The Morgan fingerprint density at radius 1 is 0.895 bits per heavy atom. The van der Waals surface area contributed by atoms with Crippen molar-refractivity contribution < 1.29 is 4.57 Å². The quantitative estimate of drug-likeness (QED) is 0.294. The van der Waals surface area contributed by atoms with Gasteiger partial charge >= 0.3 is 0 Å². The summed E-state index contributed by atoms with van der Waals surface area (Å²) in [5.74, 6) is 0. The number of pyridine rings is 1. The van der Waals surface area contributed by atoms with Gasteiger partial charge in [0.2, 0.25) is 0 Å². The Labute approximate surface area is 123 Å². The minimum Gasteiger partial charge on any atom is -0.696 e. The highest BCUT2D eigenvalue weighted by atomic mass is 32.1. The molecule has 0 atom stereocenters. The number of rotatable bonds is 9. The van der Waals surface area contributed by atoms with Crippen LogP contribution in [0.15, 0.2) is 30.6 Å². The first-order valence-corrected chi connectivity index (χ1v) is 7.71. The largest absolute Gasteiger partial charge is 0.696 e. The topological polar surface area (TPSA) is 27.7 Å². The van der Waals surface area contributed by atoms with E-state index in [0.29, 0.717) is 0 Å². The van der Waals surface area contributed by atoms with E-state index < -0.39 is 0 Å². The van der Waals surface area contributed by atoms with Crippen LogP contribution in [0, 0.1) is 10.7 Å². The van der Waals surface area contributed by atoms with Crippen LogP contribution < -0.4 is 4.57 Å². The molecule has 0 aliphatic heterocycles. The number of unbranched alkanes of at least 4 members (excludes halogenated alkanes) is 7. The Morgan fingerprint density at radius 2 is 1.37 bits per heavy atom. The molecule has 0 aliphatic carbocycles. The summed E-state index contributed by atoms with van der Waals surface area (Å²) < 4.78 is 2.27. The molecule has 106 valence electrons. The lowest BCUT2D eigenvalue weighted by atomic mass is 10.1. The van der Waals surface area contributed by atoms with Crippen LogP contribution in [-0.2, 0) is 19.2 Å². The van der Waals surface area contributed by atoms with Gasteiger partial charge in [-0.1, -0.05) is 56.9 Å². The van der Waals surface area contributed by atoms with Crippen LogP contribution in [0.3, 0.4) is 0 Å². The molecule has 0 fully saturated rings. The Balaban J connectivity index is 0.000000982. The number of nitriles is 1. The number of nitrogens with zero attached hydrogens (tertiary/aromatic N) is 2. The lowest BCUT2D eigenvalue weighted by Gasteiger charge is -2.00. The minimum atomic E-state index is 1.18. The van der Waals surface area contributed by atoms with Crippen LogP contribution in [0.2, 0.25) is 0 Å². The summed E-state index contributed by atoms with van der Waals surface area (Å²) in [4.78, 5) is 0. The molecule has 0 saturated carbocycles. The number of hydrogen-bond acceptors (Lipinski definition) is 2. The molecule has 0 unspecified atom stereocenters. The third-order valence-electron chi connectivity index (χ3n) is 3.05. The smallest absolute Gasteiger partial charge is 0.168 e. The molecule has 0 aromatic carbocycles. The number of aryl methyl sites for hydroxylation is 1. The molecule has 0 radical (unpaired) electrons. The third kappa shape index (κ3) is 13.1. The number of aromatic nitrogens is 1. The van der Waals surface area contributed by atoms with E-state index in [1.54, 1.807) is 0 Å². The molecule has 0 N–H and O–H groups in total. The summed E-state index contributed by atoms with van der Waals surface area (Å²) in [6.45, 7) is 3.45. The van der Waals surface area contributed by atoms with Crippen LogP contribution in [0.4, 0.5) is 0 Å². The second-order valence-corrected chi connectivity index (χ2v) is 4.86. The maximum absolute atomic E-state index is 7.13. The van der Waals surface area contributed by atoms with Crippen molar-refractivity contribution in [2.24, 2.45) is 0 Å². The van der Waals surface area contributed by atoms with E-state index in [1.165, 1.54) is 63.3 Å². The zero-order valence-corrected chi connectivity index (χ0v) is 12.9. The van der Waals surface area contributed by atoms with Crippen LogP contribution >= 0.6 is 0 Å². The van der Waals surface area contributed by atoms with Gasteiger partial charge in [-0.05, 0) is 6.42 Å². The number of thiocyanates is 1. The number of hydrogen-bond donors (Lipinski definition) is 0. The van der Waals surface area contributed by atoms with Gasteiger partial charge in [-0.15, -0.1) is 0 Å². The second kappa shape index (κ2) is 14.9. The van der Waals surface area contributed by atoms with Gasteiger partial charge in [0.1, 0.15) is 6.54 Å². The molecule has 2 nitrogen and oxygen atoms in total. The Morgan fingerprint density at radius 3 is 1.89 bits per heavy atom. The van der Waals surface area contributed by atoms with Gasteiger partial charge in [0.25, 0.3) is 0 Å². The summed E-state index contributed by atoms with van der Waals surface area (Å²) in [6, 6.07) is 6.28. The van der Waals surface area contributed by atoms with E-state index in [0.717, 1.165) is 0 Å². The van der Waals surface area contributed by atoms with Crippen molar-refractivity contribution in [2.75, 3.05) is 0 Å². The van der Waals surface area contributed by atoms with Gasteiger partial charge in [0, 0.05) is 18.6 Å². The molecule has 0 bridgehead atoms. The average molecular weight is 278 g/mol. The molecule has 1 heterocycles. The summed E-state index contributed by atoms with van der Waals surface area (Å²) in [6.07, 6.45) is 15.5. The maximum atomic E-state index is 7.13. The van der Waals surface area contributed by atoms with Crippen molar-refractivity contribution in [3.05, 3.63) is 30.6 Å². The predicted octanol–water partition coefficient (Wildman–Crippen LogP) is 4.13. The molecule has 19 heavy (non-hydrogen) atoms. The van der Waals surface area contributed by atoms with Gasteiger partial charge in [-0.3, -0.25) is 0 Å². The predicted molar refractivity (Wildman–Crippen MR) is 82.2 cm³/mol. The fourth-order valence-corrected chi connectivity index (χ4v) is 2.01. The standard InChI is InChI=1S/C15H26N.CHNS/c1-2-3-4-5-6-7-8-10-13-16-14-11-9-12-15-16;2-1-3/h9,11-12,14-15H,2-8,10,13H2,1H3;3H/q+1;/p-1. The highest BCUT2D eigenvalue weighted by molar-refractivity contribution is 7.64. The first-order valence-electron chi connectivity index (χ1n) is 7.30. The summed E-state index contributed by atoms with van der Waals surface area (Å²) in [7, 11) is 0. The molecule has 0 spiro atoms. The van der Waals surface area contributed by atoms with E-state index in [1.807, 2.05) is 0 Å². The molecular formula is C16H26N2S. The molecule has 1 aromatic rings. The normalized spacial score (nSPS) is 9.26. The maximum Gasteiger partial charge on any atom is 0.168 e. The Kier molecular flexibility index (Phi) is 14.0. The zero-order valence-electron chi connectivity index (χ0n) is 12.1. The molecule has 0 saturated heterocycles. The van der Waals surface area contributed by atoms with E-state index in [9.17, 15) is 0 Å². The SMILES string of the molecule is CCCCCCCCCC[n+]1ccccc1.N#C[S-]. The lowest BCUT2D eigenvalue weighted by molar-refractivity contribution is -0.697. The molecule has 3 heteroatoms. The highest BCUT2D eigenvalue weighted by Gasteiger charge is 1.97. The van der Waals surface area contributed by atoms with Gasteiger partial charge in [-0.2, -0.15) is 0 Å². The van der Waals surface area contributed by atoms with Crippen LogP contribution in [0.25, 0.3) is 0 Å². The first kappa shape index (κ1) is 17.9. The Bertz CT molecular complexity index is 319. The molecule has 1 aromatic heterocycles. The van der Waals surface area contributed by atoms with Gasteiger partial charge in [0.05, 0.1) is 0 Å². The van der Waals surface area contributed by atoms with Crippen molar-refractivity contribution >= 4 is 12.6 Å². The van der Waals surface area contributed by atoms with E-state index in [4.69, 9.17) is 5.26 Å². The van der Waals surface area contributed by atoms with Crippen LogP contribution in [0.1, 0.15) is 58.3 Å². The molecule has 1 rings (SSSR count). The fraction of sp³-hybridized carbons (Fsp3) is 0.625. The first-order chi connectivity index (χ1) is 9.35. The summed E-state index contributed by atoms with van der Waals surface area (Å²) >= 11 is 3.70. The molecule has 0 amide bonds. The van der Waals surface area contributed by atoms with Crippen LogP contribution in [-0.4, -0.2) is 0 Å². The van der Waals surface area contributed by atoms with Gasteiger partial charge in [0.15, 0.2) is 12.4 Å². The zero-order chi connectivity index (χ0) is 14.2. The summed E-state index contributed by atoms with van der Waals surface area (Å²) in [5, 5.41) is 8.47. The second-order valence-electron chi connectivity index (χ2n) is 4.68. The van der Waals surface area contributed by atoms with E-state index >= 15 is 0 Å². The summed E-state index contributed by atoms with van der Waals surface area (Å²) in [5.41, 5.74) is 0. The van der Waals surface area contributed by atoms with Crippen LogP contribution in [0.5, 0.6) is 0 Å². The monoisotopic (exact) mass is 278 g/mol. The lowest BCUT2D eigenvalue weighted by Crippen LogP contribution is -2.32. The van der Waals surface area contributed by atoms with Gasteiger partial charge < -0.3 is 12.6 Å². The molecular weight excluding hydrogens is 252 g/mol. The fourth-order valence-electron chi connectivity index (χ4n) is 2.01. The van der Waals surface area contributed by atoms with Crippen molar-refractivity contribution in [1.82, 2.24) is 0 Å². The van der Waals surface area contributed by atoms with Crippen molar-refractivity contribution in [2.45, 2.75) is 64.8 Å². The molecule has 0 aliphatic rings. The van der Waals surface area contributed by atoms with Gasteiger partial charge in [-0.25, -0.2) is 9.83 Å². The van der Waals surface area contributed by atoms with Crippen molar-refractivity contribution in [3.8, 4) is 5.40 Å². The highest BCUT2D eigenvalue weighted by Crippen LogP contribution is 2.08. The average Bonchev–Trinajstić information content (AvgIpc) is 2.44. The Hall–Kier alpha value is -1.14. The van der Waals surface area contributed by atoms with Crippen molar-refractivity contribution in [3.63, 3.8) is 0 Å². The third-order valence-corrected chi connectivity index (χ3v) is 3.05. The van der Waals surface area contributed by atoms with E-state index in [2.05, 4.69) is 54.7 Å².